The van der Waals surface area contributed by atoms with E-state index in [-0.39, 0.29) is 23.4 Å². The minimum Gasteiger partial charge on any atom is -0.465 e. The van der Waals surface area contributed by atoms with Crippen LogP contribution in [0.25, 0.3) is 0 Å². The number of nitrogens with one attached hydrogen (secondary N) is 1. The highest BCUT2D eigenvalue weighted by Gasteiger charge is 2.23. The zero-order chi connectivity index (χ0) is 15.4. The van der Waals surface area contributed by atoms with Gasteiger partial charge in [0.05, 0.1) is 23.7 Å². The number of methoxy groups -OCH3 is 1. The average Bonchev–Trinajstić information content (AvgIpc) is 2.49. The first-order valence-corrected chi connectivity index (χ1v) is 6.82. The van der Waals surface area contributed by atoms with Crippen LogP contribution in [0.5, 0.6) is 0 Å². The van der Waals surface area contributed by atoms with Crippen molar-refractivity contribution in [2.24, 2.45) is 0 Å². The van der Waals surface area contributed by atoms with Crippen LogP contribution < -0.4 is 5.32 Å². The van der Waals surface area contributed by atoms with Crippen molar-refractivity contribution in [2.45, 2.75) is 37.8 Å². The lowest BCUT2D eigenvalue weighted by atomic mass is 9.93. The Morgan fingerprint density at radius 3 is 2.62 bits per heavy atom. The maximum Gasteiger partial charge on any atom is 0.338 e. The van der Waals surface area contributed by atoms with Gasteiger partial charge in [-0.3, -0.25) is 10.1 Å². The Kier molecular flexibility index (Phi) is 4.74. The van der Waals surface area contributed by atoms with E-state index in [1.165, 1.54) is 25.3 Å². The van der Waals surface area contributed by atoms with Crippen molar-refractivity contribution < 1.29 is 19.6 Å². The van der Waals surface area contributed by atoms with Gasteiger partial charge >= 0.3 is 5.97 Å². The van der Waals surface area contributed by atoms with Gasteiger partial charge in [-0.25, -0.2) is 4.79 Å². The van der Waals surface area contributed by atoms with Gasteiger partial charge < -0.3 is 15.2 Å². The highest BCUT2D eigenvalue weighted by Crippen LogP contribution is 2.29. The summed E-state index contributed by atoms with van der Waals surface area (Å²) in [6.07, 6.45) is 2.62. The number of benzene rings is 1. The summed E-state index contributed by atoms with van der Waals surface area (Å²) < 4.78 is 4.56. The van der Waals surface area contributed by atoms with Crippen LogP contribution in [0.15, 0.2) is 18.2 Å². The number of carbonyl (C=O) groups is 1. The van der Waals surface area contributed by atoms with E-state index in [1.807, 2.05) is 0 Å². The van der Waals surface area contributed by atoms with Gasteiger partial charge in [-0.05, 0) is 37.8 Å². The zero-order valence-corrected chi connectivity index (χ0v) is 11.7. The molecule has 0 radical (unpaired) electrons. The molecule has 0 atom stereocenters. The van der Waals surface area contributed by atoms with Crippen LogP contribution in [-0.4, -0.2) is 35.3 Å². The second kappa shape index (κ2) is 6.53. The van der Waals surface area contributed by atoms with Gasteiger partial charge in [0.1, 0.15) is 5.69 Å². The maximum atomic E-state index is 11.4. The lowest BCUT2D eigenvalue weighted by molar-refractivity contribution is -0.384. The van der Waals surface area contributed by atoms with Crippen molar-refractivity contribution in [1.29, 1.82) is 0 Å². The first kappa shape index (κ1) is 15.2. The van der Waals surface area contributed by atoms with Crippen molar-refractivity contribution in [3.05, 3.63) is 33.9 Å². The van der Waals surface area contributed by atoms with Gasteiger partial charge in [0, 0.05) is 12.1 Å². The van der Waals surface area contributed by atoms with E-state index in [1.54, 1.807) is 0 Å². The van der Waals surface area contributed by atoms with Gasteiger partial charge in [0.15, 0.2) is 0 Å². The van der Waals surface area contributed by atoms with Crippen molar-refractivity contribution in [2.75, 3.05) is 12.4 Å². The molecule has 0 saturated heterocycles. The van der Waals surface area contributed by atoms with Gasteiger partial charge in [0.25, 0.3) is 5.69 Å². The summed E-state index contributed by atoms with van der Waals surface area (Å²) in [5.74, 6) is -0.606. The number of esters is 1. The smallest absolute Gasteiger partial charge is 0.338 e. The molecule has 114 valence electrons. The minimum atomic E-state index is -0.606. The molecule has 7 nitrogen and oxygen atoms in total. The monoisotopic (exact) mass is 294 g/mol. The first-order chi connectivity index (χ1) is 10.0. The molecule has 2 rings (SSSR count). The molecular weight excluding hydrogens is 276 g/mol. The summed E-state index contributed by atoms with van der Waals surface area (Å²) in [6.45, 7) is 0. The van der Waals surface area contributed by atoms with Crippen LogP contribution in [0.3, 0.4) is 0 Å². The van der Waals surface area contributed by atoms with Gasteiger partial charge in [0.2, 0.25) is 0 Å². The first-order valence-electron chi connectivity index (χ1n) is 6.82. The Balaban J connectivity index is 2.18. The molecule has 0 spiro atoms. The van der Waals surface area contributed by atoms with E-state index in [0.29, 0.717) is 18.5 Å². The molecule has 0 unspecified atom stereocenters. The van der Waals surface area contributed by atoms with Crippen molar-refractivity contribution in [3.8, 4) is 0 Å². The van der Waals surface area contributed by atoms with Gasteiger partial charge in [-0.15, -0.1) is 0 Å². The fourth-order valence-electron chi connectivity index (χ4n) is 2.49. The summed E-state index contributed by atoms with van der Waals surface area (Å²) in [5.41, 5.74) is 0.381. The lowest BCUT2D eigenvalue weighted by Crippen LogP contribution is -2.28. The third kappa shape index (κ3) is 3.69. The van der Waals surface area contributed by atoms with Gasteiger partial charge in [-0.1, -0.05) is 0 Å². The van der Waals surface area contributed by atoms with Crippen LogP contribution in [0.4, 0.5) is 11.4 Å². The zero-order valence-electron chi connectivity index (χ0n) is 11.7. The van der Waals surface area contributed by atoms with Gasteiger partial charge in [-0.2, -0.15) is 0 Å². The molecule has 0 bridgehead atoms. The van der Waals surface area contributed by atoms with E-state index in [9.17, 15) is 20.0 Å². The maximum absolute atomic E-state index is 11.4. The molecule has 1 fully saturated rings. The van der Waals surface area contributed by atoms with Crippen molar-refractivity contribution >= 4 is 17.3 Å². The predicted molar refractivity (Wildman–Crippen MR) is 76.3 cm³/mol. The lowest BCUT2D eigenvalue weighted by Gasteiger charge is -2.26. The molecule has 21 heavy (non-hydrogen) atoms. The molecule has 0 aromatic heterocycles. The van der Waals surface area contributed by atoms with E-state index >= 15 is 0 Å². The molecule has 2 N–H and O–H groups in total. The molecule has 0 amide bonds. The van der Waals surface area contributed by atoms with Crippen LogP contribution in [0.2, 0.25) is 0 Å². The average molecular weight is 294 g/mol. The fourth-order valence-corrected chi connectivity index (χ4v) is 2.49. The number of nitrogens with zero attached hydrogens (tertiary/aromatic N) is 1. The Morgan fingerprint density at radius 1 is 1.38 bits per heavy atom. The molecule has 1 aromatic carbocycles. The topological polar surface area (TPSA) is 102 Å². The third-order valence-electron chi connectivity index (χ3n) is 3.67. The number of anilines is 1. The number of rotatable bonds is 4. The van der Waals surface area contributed by atoms with Crippen LogP contribution in [0, 0.1) is 10.1 Å². The number of carbonyl (C=O) groups excluding carboxylic acids is 1. The number of aliphatic hydroxyl groups is 1. The van der Waals surface area contributed by atoms with E-state index in [0.717, 1.165) is 12.8 Å². The number of hydrogen-bond donors (Lipinski definition) is 2. The summed E-state index contributed by atoms with van der Waals surface area (Å²) in [5, 5.41) is 23.8. The highest BCUT2D eigenvalue weighted by molar-refractivity contribution is 5.91. The number of aliphatic hydroxyl groups excluding tert-OH is 1. The Labute approximate surface area is 122 Å². The molecule has 0 aliphatic heterocycles. The fraction of sp³-hybridized carbons (Fsp3) is 0.500. The second-order valence-electron chi connectivity index (χ2n) is 5.13. The Bertz CT molecular complexity index is 538. The van der Waals surface area contributed by atoms with E-state index in [2.05, 4.69) is 10.1 Å². The van der Waals surface area contributed by atoms with Crippen molar-refractivity contribution in [1.82, 2.24) is 0 Å². The Hall–Kier alpha value is -2.15. The summed E-state index contributed by atoms with van der Waals surface area (Å²) in [4.78, 5) is 22.1. The van der Waals surface area contributed by atoms with Crippen LogP contribution >= 0.6 is 0 Å². The summed E-state index contributed by atoms with van der Waals surface area (Å²) in [6, 6.07) is 4.33. The van der Waals surface area contributed by atoms with Crippen molar-refractivity contribution in [3.63, 3.8) is 0 Å². The normalized spacial score (nSPS) is 21.6. The largest absolute Gasteiger partial charge is 0.465 e. The predicted octanol–water partition coefficient (Wildman–Crippen LogP) is 2.10. The molecule has 1 saturated carbocycles. The van der Waals surface area contributed by atoms with E-state index < -0.39 is 10.9 Å². The number of nitro benzene ring substituents is 1. The summed E-state index contributed by atoms with van der Waals surface area (Å²) >= 11 is 0. The standard InChI is InChI=1S/C14H18N2O5/c1-21-14(18)9-2-7-12(13(8-9)16(19)20)15-10-3-5-11(17)6-4-10/h2,7-8,10-11,15,17H,3-6H2,1H3/t10-,11-. The Morgan fingerprint density at radius 2 is 2.05 bits per heavy atom. The quantitative estimate of drug-likeness (QED) is 0.501. The van der Waals surface area contributed by atoms with Crippen LogP contribution in [0.1, 0.15) is 36.0 Å². The molecule has 0 heterocycles. The number of nitro groups is 1. The SMILES string of the molecule is COC(=O)c1ccc(N[C@H]2CC[C@H](O)CC2)c([N+](=O)[O-])c1. The number of hydrogen-bond acceptors (Lipinski definition) is 6. The third-order valence-corrected chi connectivity index (χ3v) is 3.67. The molecule has 7 heteroatoms. The minimum absolute atomic E-state index is 0.0936. The highest BCUT2D eigenvalue weighted by atomic mass is 16.6. The molecule has 1 aliphatic rings. The molecular formula is C14H18N2O5. The number of ether oxygens (including phenoxy) is 1. The molecule has 1 aliphatic carbocycles. The second-order valence-corrected chi connectivity index (χ2v) is 5.13. The summed E-state index contributed by atoms with van der Waals surface area (Å²) in [7, 11) is 1.23. The van der Waals surface area contributed by atoms with E-state index in [4.69, 9.17) is 0 Å². The van der Waals surface area contributed by atoms with Crippen LogP contribution in [-0.2, 0) is 4.74 Å². The molecule has 1 aromatic rings.